The van der Waals surface area contributed by atoms with Crippen molar-refractivity contribution in [3.05, 3.63) is 20.8 Å². The molecule has 0 aromatic carbocycles. The Bertz CT molecular complexity index is 371. The average molecular weight is 314 g/mol. The van der Waals surface area contributed by atoms with Gasteiger partial charge >= 0.3 is 0 Å². The third kappa shape index (κ3) is 2.77. The highest BCUT2D eigenvalue weighted by Gasteiger charge is 2.42. The van der Waals surface area contributed by atoms with E-state index in [0.29, 0.717) is 5.41 Å². The van der Waals surface area contributed by atoms with Crippen molar-refractivity contribution < 1.29 is 0 Å². The molecule has 3 rings (SSSR count). The smallest absolute Gasteiger partial charge is 0.0701 e. The average Bonchev–Trinajstić information content (AvgIpc) is 2.51. The van der Waals surface area contributed by atoms with Crippen LogP contribution in [0.15, 0.2) is 15.9 Å². The van der Waals surface area contributed by atoms with Crippen LogP contribution >= 0.6 is 27.3 Å². The molecule has 1 saturated carbocycles. The Morgan fingerprint density at radius 2 is 1.82 bits per heavy atom. The Morgan fingerprint density at radius 3 is 2.41 bits per heavy atom. The Hall–Kier alpha value is 0.140. The number of halogens is 1. The number of hydrogen-bond acceptors (Lipinski definition) is 2. The molecule has 2 aliphatic rings. The summed E-state index contributed by atoms with van der Waals surface area (Å²) in [5, 5.41) is 0. The quantitative estimate of drug-likeness (QED) is 0.767. The van der Waals surface area contributed by atoms with Gasteiger partial charge in [0.25, 0.3) is 0 Å². The molecule has 1 nitrogen and oxygen atoms in total. The van der Waals surface area contributed by atoms with Crippen molar-refractivity contribution in [2.45, 2.75) is 45.1 Å². The van der Waals surface area contributed by atoms with E-state index in [2.05, 4.69) is 33.0 Å². The van der Waals surface area contributed by atoms with Gasteiger partial charge in [-0.3, -0.25) is 4.90 Å². The molecule has 0 N–H and O–H groups in total. The van der Waals surface area contributed by atoms with Crippen LogP contribution in [0.25, 0.3) is 0 Å². The predicted octanol–water partition coefficient (Wildman–Crippen LogP) is 4.67. The van der Waals surface area contributed by atoms with E-state index < -0.39 is 0 Å². The van der Waals surface area contributed by atoms with Crippen molar-refractivity contribution >= 4 is 27.3 Å². The van der Waals surface area contributed by atoms with Crippen molar-refractivity contribution in [1.82, 2.24) is 4.90 Å². The van der Waals surface area contributed by atoms with Crippen LogP contribution in [0.1, 0.15) is 43.4 Å². The lowest BCUT2D eigenvalue weighted by molar-refractivity contribution is -0.0169. The minimum Gasteiger partial charge on any atom is -0.297 e. The van der Waals surface area contributed by atoms with Crippen LogP contribution in [0, 0.1) is 5.41 Å². The first-order valence-corrected chi connectivity index (χ1v) is 8.33. The second kappa shape index (κ2) is 5.02. The third-order valence-corrected chi connectivity index (χ3v) is 5.90. The highest BCUT2D eigenvalue weighted by Crippen LogP contribution is 2.43. The van der Waals surface area contributed by atoms with Gasteiger partial charge in [-0.25, -0.2) is 0 Å². The van der Waals surface area contributed by atoms with Crippen LogP contribution in [0.2, 0.25) is 0 Å². The number of likely N-dealkylation sites (tertiary alicyclic amines) is 1. The zero-order chi connectivity index (χ0) is 11.7. The maximum atomic E-state index is 3.54. The van der Waals surface area contributed by atoms with Crippen LogP contribution in [-0.2, 0) is 6.54 Å². The van der Waals surface area contributed by atoms with E-state index in [4.69, 9.17) is 0 Å². The molecule has 1 aliphatic carbocycles. The Labute approximate surface area is 116 Å². The van der Waals surface area contributed by atoms with Gasteiger partial charge in [0.05, 0.1) is 3.79 Å². The highest BCUT2D eigenvalue weighted by atomic mass is 79.9. The molecule has 1 aliphatic heterocycles. The van der Waals surface area contributed by atoms with Crippen molar-refractivity contribution in [3.8, 4) is 0 Å². The van der Waals surface area contributed by atoms with Crippen LogP contribution < -0.4 is 0 Å². The van der Waals surface area contributed by atoms with Gasteiger partial charge in [0, 0.05) is 24.5 Å². The van der Waals surface area contributed by atoms with E-state index in [0.717, 1.165) is 6.54 Å². The summed E-state index contributed by atoms with van der Waals surface area (Å²) in [6.07, 6.45) is 8.85. The van der Waals surface area contributed by atoms with Crippen LogP contribution in [-0.4, -0.2) is 18.0 Å². The summed E-state index contributed by atoms with van der Waals surface area (Å²) in [6, 6.07) is 4.42. The molecule has 2 heterocycles. The Balaban J connectivity index is 1.53. The van der Waals surface area contributed by atoms with E-state index in [9.17, 15) is 0 Å². The summed E-state index contributed by atoms with van der Waals surface area (Å²) in [7, 11) is 0. The largest absolute Gasteiger partial charge is 0.297 e. The summed E-state index contributed by atoms with van der Waals surface area (Å²) in [4.78, 5) is 4.13. The molecule has 1 aromatic rings. The molecule has 2 fully saturated rings. The third-order valence-electron chi connectivity index (χ3n) is 4.29. The zero-order valence-corrected chi connectivity index (χ0v) is 12.7. The lowest BCUT2D eigenvalue weighted by Crippen LogP contribution is -2.55. The normalized spacial score (nSPS) is 24.5. The fraction of sp³-hybridized carbons (Fsp3) is 0.714. The standard InChI is InChI=1S/C14H20BrNS/c15-13-6-5-12(17-13)9-16-10-14(11-16)7-3-1-2-4-8-14/h5-6H,1-4,7-11H2. The first-order chi connectivity index (χ1) is 8.26. The Kier molecular flexibility index (Phi) is 3.60. The molecule has 0 amide bonds. The second-order valence-electron chi connectivity index (χ2n) is 5.77. The van der Waals surface area contributed by atoms with E-state index in [1.807, 2.05) is 11.3 Å². The first-order valence-electron chi connectivity index (χ1n) is 6.72. The maximum Gasteiger partial charge on any atom is 0.0701 e. The molecule has 0 atom stereocenters. The first kappa shape index (κ1) is 12.2. The van der Waals surface area contributed by atoms with Gasteiger partial charge in [0.2, 0.25) is 0 Å². The van der Waals surface area contributed by atoms with Crippen molar-refractivity contribution in [3.63, 3.8) is 0 Å². The van der Waals surface area contributed by atoms with E-state index in [1.165, 1.54) is 60.3 Å². The van der Waals surface area contributed by atoms with Gasteiger partial charge in [0.15, 0.2) is 0 Å². The Morgan fingerprint density at radius 1 is 1.12 bits per heavy atom. The topological polar surface area (TPSA) is 3.24 Å². The molecule has 1 spiro atoms. The van der Waals surface area contributed by atoms with Gasteiger partial charge in [-0.1, -0.05) is 25.7 Å². The minimum atomic E-state index is 0.713. The molecular weight excluding hydrogens is 294 g/mol. The van der Waals surface area contributed by atoms with Crippen molar-refractivity contribution in [1.29, 1.82) is 0 Å². The van der Waals surface area contributed by atoms with E-state index >= 15 is 0 Å². The number of nitrogens with zero attached hydrogens (tertiary/aromatic N) is 1. The van der Waals surface area contributed by atoms with Gasteiger partial charge < -0.3 is 0 Å². The lowest BCUT2D eigenvalue weighted by atomic mass is 9.73. The molecule has 0 unspecified atom stereocenters. The van der Waals surface area contributed by atoms with Crippen molar-refractivity contribution in [2.24, 2.45) is 5.41 Å². The molecule has 0 radical (unpaired) electrons. The van der Waals surface area contributed by atoms with Gasteiger partial charge in [0.1, 0.15) is 0 Å². The van der Waals surface area contributed by atoms with Crippen molar-refractivity contribution in [2.75, 3.05) is 13.1 Å². The second-order valence-corrected chi connectivity index (χ2v) is 8.31. The van der Waals surface area contributed by atoms with Crippen LogP contribution in [0.4, 0.5) is 0 Å². The number of hydrogen-bond donors (Lipinski definition) is 0. The molecule has 1 saturated heterocycles. The SMILES string of the molecule is Brc1ccc(CN2CC3(CCCCCC3)C2)s1. The molecule has 0 bridgehead atoms. The minimum absolute atomic E-state index is 0.713. The van der Waals surface area contributed by atoms with Gasteiger partial charge in [-0.2, -0.15) is 0 Å². The highest BCUT2D eigenvalue weighted by molar-refractivity contribution is 9.11. The lowest BCUT2D eigenvalue weighted by Gasteiger charge is -2.50. The molecular formula is C14H20BrNS. The van der Waals surface area contributed by atoms with Crippen LogP contribution in [0.3, 0.4) is 0 Å². The molecule has 1 aromatic heterocycles. The summed E-state index contributed by atoms with van der Waals surface area (Å²) >= 11 is 5.42. The molecule has 3 heteroatoms. The van der Waals surface area contributed by atoms with E-state index in [-0.39, 0.29) is 0 Å². The summed E-state index contributed by atoms with van der Waals surface area (Å²) in [5.41, 5.74) is 0.713. The van der Waals surface area contributed by atoms with E-state index in [1.54, 1.807) is 0 Å². The predicted molar refractivity (Wildman–Crippen MR) is 77.4 cm³/mol. The van der Waals surface area contributed by atoms with Gasteiger partial charge in [-0.15, -0.1) is 11.3 Å². The summed E-state index contributed by atoms with van der Waals surface area (Å²) in [6.45, 7) is 3.86. The van der Waals surface area contributed by atoms with Crippen LogP contribution in [0.5, 0.6) is 0 Å². The zero-order valence-electron chi connectivity index (χ0n) is 10.3. The van der Waals surface area contributed by atoms with Gasteiger partial charge in [-0.05, 0) is 46.3 Å². The maximum absolute atomic E-state index is 3.54. The fourth-order valence-electron chi connectivity index (χ4n) is 3.47. The summed E-state index contributed by atoms with van der Waals surface area (Å²) in [5.74, 6) is 0. The number of thiophene rings is 1. The monoisotopic (exact) mass is 313 g/mol. The fourth-order valence-corrected chi connectivity index (χ4v) is 4.99. The number of rotatable bonds is 2. The molecule has 17 heavy (non-hydrogen) atoms. The summed E-state index contributed by atoms with van der Waals surface area (Å²) < 4.78 is 1.26. The molecule has 94 valence electrons.